The summed E-state index contributed by atoms with van der Waals surface area (Å²) in [7, 11) is 0. The second-order valence-electron chi connectivity index (χ2n) is 5.00. The summed E-state index contributed by atoms with van der Waals surface area (Å²) < 4.78 is 0. The van der Waals surface area contributed by atoms with Gasteiger partial charge in [-0.3, -0.25) is 4.79 Å². The lowest BCUT2D eigenvalue weighted by molar-refractivity contribution is -0.119. The van der Waals surface area contributed by atoms with Crippen molar-refractivity contribution in [3.05, 3.63) is 0 Å². The van der Waals surface area contributed by atoms with Gasteiger partial charge in [0.2, 0.25) is 0 Å². The average molecular weight is 211 g/mol. The van der Waals surface area contributed by atoms with Crippen LogP contribution in [0, 0.1) is 5.92 Å². The van der Waals surface area contributed by atoms with Crippen LogP contribution in [0.4, 0.5) is 0 Å². The summed E-state index contributed by atoms with van der Waals surface area (Å²) in [6, 6.07) is 0.621. The fraction of sp³-hybridized carbons (Fsp3) is 0.923. The van der Waals surface area contributed by atoms with E-state index in [1.165, 1.54) is 38.5 Å². The number of nitrogens with one attached hydrogen (secondary N) is 1. The van der Waals surface area contributed by atoms with Crippen LogP contribution in [0.3, 0.4) is 0 Å². The Morgan fingerprint density at radius 1 is 1.40 bits per heavy atom. The minimum atomic E-state index is 0.392. The third kappa shape index (κ3) is 5.31. The Morgan fingerprint density at radius 3 is 2.67 bits per heavy atom. The van der Waals surface area contributed by atoms with E-state index in [1.807, 2.05) is 0 Å². The van der Waals surface area contributed by atoms with Crippen LogP contribution in [0.5, 0.6) is 0 Å². The largest absolute Gasteiger partial charge is 0.307 e. The number of hydrogen-bond donors (Lipinski definition) is 1. The molecule has 0 spiro atoms. The van der Waals surface area contributed by atoms with E-state index in [4.69, 9.17) is 0 Å². The van der Waals surface area contributed by atoms with Crippen LogP contribution in [0.25, 0.3) is 0 Å². The zero-order valence-electron chi connectivity index (χ0n) is 10.2. The molecule has 1 aliphatic rings. The van der Waals surface area contributed by atoms with E-state index in [1.54, 1.807) is 0 Å². The maximum Gasteiger partial charge on any atom is 0.146 e. The van der Waals surface area contributed by atoms with E-state index in [2.05, 4.69) is 19.2 Å². The van der Waals surface area contributed by atoms with Crippen LogP contribution in [0.15, 0.2) is 0 Å². The first-order valence-electron chi connectivity index (χ1n) is 6.47. The monoisotopic (exact) mass is 211 g/mol. The number of Topliss-reactive ketones (excluding diaryl/α,β-unsaturated/α-hetero) is 1. The SMILES string of the molecule is CCCC(C)CC(=O)CNC1CCCC1. The van der Waals surface area contributed by atoms with Gasteiger partial charge < -0.3 is 5.32 Å². The molecule has 1 aliphatic carbocycles. The molecular weight excluding hydrogens is 186 g/mol. The van der Waals surface area contributed by atoms with Crippen molar-refractivity contribution in [3.8, 4) is 0 Å². The van der Waals surface area contributed by atoms with Crippen molar-refractivity contribution in [2.24, 2.45) is 5.92 Å². The molecule has 1 N–H and O–H groups in total. The van der Waals surface area contributed by atoms with Crippen molar-refractivity contribution >= 4 is 5.78 Å². The predicted octanol–water partition coefficient (Wildman–Crippen LogP) is 2.91. The number of rotatable bonds is 7. The fourth-order valence-electron chi connectivity index (χ4n) is 2.44. The lowest BCUT2D eigenvalue weighted by atomic mass is 9.99. The molecule has 0 aromatic rings. The fourth-order valence-corrected chi connectivity index (χ4v) is 2.44. The van der Waals surface area contributed by atoms with Crippen molar-refractivity contribution in [1.29, 1.82) is 0 Å². The van der Waals surface area contributed by atoms with Crippen molar-refractivity contribution in [1.82, 2.24) is 5.32 Å². The van der Waals surface area contributed by atoms with Gasteiger partial charge >= 0.3 is 0 Å². The molecule has 0 aromatic carbocycles. The number of hydrogen-bond acceptors (Lipinski definition) is 2. The minimum absolute atomic E-state index is 0.392. The Labute approximate surface area is 93.8 Å². The Bertz CT molecular complexity index is 185. The second kappa shape index (κ2) is 7.00. The third-order valence-electron chi connectivity index (χ3n) is 3.30. The highest BCUT2D eigenvalue weighted by atomic mass is 16.1. The highest BCUT2D eigenvalue weighted by Gasteiger charge is 2.15. The first-order chi connectivity index (χ1) is 7.22. The first kappa shape index (κ1) is 12.7. The van der Waals surface area contributed by atoms with Crippen LogP contribution >= 0.6 is 0 Å². The Morgan fingerprint density at radius 2 is 2.07 bits per heavy atom. The summed E-state index contributed by atoms with van der Waals surface area (Å²) in [6.07, 6.45) is 8.30. The summed E-state index contributed by atoms with van der Waals surface area (Å²) in [6.45, 7) is 4.95. The molecule has 15 heavy (non-hydrogen) atoms. The van der Waals surface area contributed by atoms with E-state index < -0.39 is 0 Å². The zero-order chi connectivity index (χ0) is 11.1. The maximum absolute atomic E-state index is 11.6. The predicted molar refractivity (Wildman–Crippen MR) is 64.0 cm³/mol. The molecule has 0 amide bonds. The van der Waals surface area contributed by atoms with Gasteiger partial charge in [0.1, 0.15) is 5.78 Å². The van der Waals surface area contributed by atoms with Crippen molar-refractivity contribution in [2.45, 2.75) is 64.8 Å². The van der Waals surface area contributed by atoms with Gasteiger partial charge in [0.25, 0.3) is 0 Å². The van der Waals surface area contributed by atoms with Crippen LogP contribution in [-0.4, -0.2) is 18.4 Å². The Balaban J connectivity index is 2.07. The van der Waals surface area contributed by atoms with Crippen molar-refractivity contribution in [3.63, 3.8) is 0 Å². The quantitative estimate of drug-likeness (QED) is 0.701. The van der Waals surface area contributed by atoms with Crippen LogP contribution in [-0.2, 0) is 4.79 Å². The minimum Gasteiger partial charge on any atom is -0.307 e. The van der Waals surface area contributed by atoms with Gasteiger partial charge in [0, 0.05) is 12.5 Å². The summed E-state index contributed by atoms with van der Waals surface area (Å²) in [5, 5.41) is 3.38. The molecule has 0 aromatic heterocycles. The normalized spacial score (nSPS) is 19.3. The molecule has 1 rings (SSSR count). The molecule has 88 valence electrons. The van der Waals surface area contributed by atoms with Gasteiger partial charge in [0.05, 0.1) is 6.54 Å². The zero-order valence-corrected chi connectivity index (χ0v) is 10.2. The highest BCUT2D eigenvalue weighted by molar-refractivity contribution is 5.80. The molecule has 1 atom stereocenters. The summed E-state index contributed by atoms with van der Waals surface area (Å²) in [4.78, 5) is 11.6. The standard InChI is InChI=1S/C13H25NO/c1-3-6-11(2)9-13(15)10-14-12-7-4-5-8-12/h11-12,14H,3-10H2,1-2H3. The number of ketones is 1. The molecule has 0 bridgehead atoms. The number of carbonyl (C=O) groups is 1. The van der Waals surface area contributed by atoms with Gasteiger partial charge in [0.15, 0.2) is 0 Å². The van der Waals surface area contributed by atoms with Crippen molar-refractivity contribution in [2.75, 3.05) is 6.54 Å². The molecule has 0 heterocycles. The van der Waals surface area contributed by atoms with Crippen LogP contribution < -0.4 is 5.32 Å². The molecule has 1 fully saturated rings. The highest BCUT2D eigenvalue weighted by Crippen LogP contribution is 2.17. The first-order valence-corrected chi connectivity index (χ1v) is 6.47. The lowest BCUT2D eigenvalue weighted by Gasteiger charge is -2.13. The number of carbonyl (C=O) groups excluding carboxylic acids is 1. The van der Waals surface area contributed by atoms with Gasteiger partial charge in [-0.2, -0.15) is 0 Å². The van der Waals surface area contributed by atoms with Crippen LogP contribution in [0.1, 0.15) is 58.8 Å². The molecule has 1 saturated carbocycles. The molecule has 2 heteroatoms. The summed E-state index contributed by atoms with van der Waals surface area (Å²) in [5.74, 6) is 0.954. The van der Waals surface area contributed by atoms with E-state index >= 15 is 0 Å². The van der Waals surface area contributed by atoms with Crippen LogP contribution in [0.2, 0.25) is 0 Å². The Hall–Kier alpha value is -0.370. The molecule has 2 nitrogen and oxygen atoms in total. The Kier molecular flexibility index (Phi) is 5.92. The van der Waals surface area contributed by atoms with Gasteiger partial charge in [-0.05, 0) is 18.8 Å². The lowest BCUT2D eigenvalue weighted by Crippen LogP contribution is -2.32. The van der Waals surface area contributed by atoms with Gasteiger partial charge in [-0.15, -0.1) is 0 Å². The molecule has 0 radical (unpaired) electrons. The topological polar surface area (TPSA) is 29.1 Å². The molecule has 0 aliphatic heterocycles. The molecular formula is C13H25NO. The third-order valence-corrected chi connectivity index (χ3v) is 3.30. The molecule has 0 saturated heterocycles. The molecule has 1 unspecified atom stereocenters. The smallest absolute Gasteiger partial charge is 0.146 e. The van der Waals surface area contributed by atoms with Gasteiger partial charge in [-0.25, -0.2) is 0 Å². The van der Waals surface area contributed by atoms with E-state index in [0.29, 0.717) is 24.3 Å². The summed E-state index contributed by atoms with van der Waals surface area (Å²) >= 11 is 0. The maximum atomic E-state index is 11.6. The van der Waals surface area contributed by atoms with E-state index in [-0.39, 0.29) is 0 Å². The summed E-state index contributed by atoms with van der Waals surface area (Å²) in [5.41, 5.74) is 0. The van der Waals surface area contributed by atoms with Crippen molar-refractivity contribution < 1.29 is 4.79 Å². The second-order valence-corrected chi connectivity index (χ2v) is 5.00. The van der Waals surface area contributed by atoms with E-state index in [0.717, 1.165) is 6.42 Å². The van der Waals surface area contributed by atoms with E-state index in [9.17, 15) is 4.79 Å². The van der Waals surface area contributed by atoms with Gasteiger partial charge in [-0.1, -0.05) is 39.5 Å². The average Bonchev–Trinajstić information content (AvgIpc) is 2.67.